The summed E-state index contributed by atoms with van der Waals surface area (Å²) in [6.45, 7) is 3.25. The lowest BCUT2D eigenvalue weighted by Crippen LogP contribution is -2.44. The normalized spacial score (nSPS) is 15.4. The van der Waals surface area contributed by atoms with E-state index in [1.165, 1.54) is 6.26 Å². The van der Waals surface area contributed by atoms with Crippen molar-refractivity contribution in [2.45, 2.75) is 30.8 Å². The maximum atomic E-state index is 12.5. The number of carbonyl (C=O) groups is 1. The van der Waals surface area contributed by atoms with E-state index in [0.717, 1.165) is 5.75 Å². The Kier molecular flexibility index (Phi) is 6.61. The molecule has 2 heterocycles. The van der Waals surface area contributed by atoms with Gasteiger partial charge in [0.15, 0.2) is 16.4 Å². The third kappa shape index (κ3) is 5.28. The summed E-state index contributed by atoms with van der Waals surface area (Å²) in [5.41, 5.74) is 0. The SMILES string of the molecule is CCOc1ccc(OCC(=O)N2CCC(S(=O)(=O)Cc3ccco3)CC2)cc1. The molecule has 0 N–H and O–H groups in total. The van der Waals surface area contributed by atoms with Gasteiger partial charge in [0.05, 0.1) is 18.1 Å². The van der Waals surface area contributed by atoms with Crippen molar-refractivity contribution in [2.24, 2.45) is 0 Å². The lowest BCUT2D eigenvalue weighted by molar-refractivity contribution is -0.134. The zero-order valence-electron chi connectivity index (χ0n) is 15.9. The van der Waals surface area contributed by atoms with Crippen molar-refractivity contribution < 1.29 is 27.1 Å². The zero-order valence-corrected chi connectivity index (χ0v) is 16.7. The van der Waals surface area contributed by atoms with Crippen LogP contribution in [0.3, 0.4) is 0 Å². The van der Waals surface area contributed by atoms with Crippen LogP contribution >= 0.6 is 0 Å². The number of likely N-dealkylation sites (tertiary alicyclic amines) is 1. The van der Waals surface area contributed by atoms with Gasteiger partial charge in [-0.15, -0.1) is 0 Å². The molecule has 1 aromatic carbocycles. The van der Waals surface area contributed by atoms with Crippen LogP contribution in [0.4, 0.5) is 0 Å². The van der Waals surface area contributed by atoms with Crippen LogP contribution in [0, 0.1) is 0 Å². The summed E-state index contributed by atoms with van der Waals surface area (Å²) in [5.74, 6) is 1.55. The van der Waals surface area contributed by atoms with E-state index >= 15 is 0 Å². The minimum absolute atomic E-state index is 0.0716. The van der Waals surface area contributed by atoms with E-state index in [1.54, 1.807) is 41.3 Å². The molecular formula is C20H25NO6S. The first-order valence-corrected chi connectivity index (χ1v) is 11.1. The predicted octanol–water partition coefficient (Wildman–Crippen LogP) is 2.66. The Hall–Kier alpha value is -2.48. The Morgan fingerprint density at radius 1 is 1.11 bits per heavy atom. The first-order valence-electron chi connectivity index (χ1n) is 9.35. The first kappa shape index (κ1) is 20.3. The predicted molar refractivity (Wildman–Crippen MR) is 104 cm³/mol. The summed E-state index contributed by atoms with van der Waals surface area (Å²) >= 11 is 0. The second kappa shape index (κ2) is 9.14. The topological polar surface area (TPSA) is 86.0 Å². The highest BCUT2D eigenvalue weighted by atomic mass is 32.2. The fourth-order valence-corrected chi connectivity index (χ4v) is 4.94. The molecule has 0 radical (unpaired) electrons. The van der Waals surface area contributed by atoms with Gasteiger partial charge >= 0.3 is 0 Å². The van der Waals surface area contributed by atoms with Gasteiger partial charge < -0.3 is 18.8 Å². The van der Waals surface area contributed by atoms with E-state index in [4.69, 9.17) is 13.9 Å². The van der Waals surface area contributed by atoms with Gasteiger partial charge in [-0.2, -0.15) is 0 Å². The van der Waals surface area contributed by atoms with Crippen LogP contribution in [-0.2, 0) is 20.4 Å². The van der Waals surface area contributed by atoms with Crippen molar-refractivity contribution in [3.8, 4) is 11.5 Å². The molecule has 1 aromatic heterocycles. The molecule has 1 aliphatic heterocycles. The Morgan fingerprint density at radius 3 is 2.32 bits per heavy atom. The summed E-state index contributed by atoms with van der Waals surface area (Å²) in [5, 5.41) is -0.450. The fraction of sp³-hybridized carbons (Fsp3) is 0.450. The number of carbonyl (C=O) groups excluding carboxylic acids is 1. The molecular weight excluding hydrogens is 382 g/mol. The second-order valence-electron chi connectivity index (χ2n) is 6.66. The van der Waals surface area contributed by atoms with E-state index in [1.807, 2.05) is 6.92 Å². The average molecular weight is 407 g/mol. The highest BCUT2D eigenvalue weighted by Crippen LogP contribution is 2.22. The van der Waals surface area contributed by atoms with Gasteiger partial charge in [0.1, 0.15) is 23.0 Å². The van der Waals surface area contributed by atoms with Crippen LogP contribution in [0.15, 0.2) is 47.1 Å². The Balaban J connectivity index is 1.45. The Morgan fingerprint density at radius 2 is 1.75 bits per heavy atom. The number of ether oxygens (including phenoxy) is 2. The van der Waals surface area contributed by atoms with Crippen LogP contribution in [0.2, 0.25) is 0 Å². The summed E-state index contributed by atoms with van der Waals surface area (Å²) in [7, 11) is -3.29. The first-order chi connectivity index (χ1) is 13.5. The molecule has 3 rings (SSSR count). The molecule has 2 aromatic rings. The third-order valence-electron chi connectivity index (χ3n) is 4.72. The number of piperidine rings is 1. The lowest BCUT2D eigenvalue weighted by Gasteiger charge is -2.31. The average Bonchev–Trinajstić information content (AvgIpc) is 3.20. The summed E-state index contributed by atoms with van der Waals surface area (Å²) < 4.78 is 41.1. The maximum absolute atomic E-state index is 12.5. The summed E-state index contributed by atoms with van der Waals surface area (Å²) in [6, 6.07) is 10.4. The Labute approximate surface area is 165 Å². The number of amides is 1. The van der Waals surface area contributed by atoms with Crippen LogP contribution < -0.4 is 9.47 Å². The fourth-order valence-electron chi connectivity index (χ4n) is 3.21. The molecule has 1 aliphatic rings. The molecule has 7 nitrogen and oxygen atoms in total. The van der Waals surface area contributed by atoms with Crippen LogP contribution in [0.25, 0.3) is 0 Å². The smallest absolute Gasteiger partial charge is 0.260 e. The molecule has 8 heteroatoms. The second-order valence-corrected chi connectivity index (χ2v) is 8.94. The van der Waals surface area contributed by atoms with Crippen molar-refractivity contribution in [3.05, 3.63) is 48.4 Å². The largest absolute Gasteiger partial charge is 0.494 e. The molecule has 152 valence electrons. The monoisotopic (exact) mass is 407 g/mol. The van der Waals surface area contributed by atoms with Crippen molar-refractivity contribution >= 4 is 15.7 Å². The van der Waals surface area contributed by atoms with Crippen LogP contribution in [0.1, 0.15) is 25.5 Å². The van der Waals surface area contributed by atoms with Gasteiger partial charge in [-0.25, -0.2) is 8.42 Å². The number of nitrogens with zero attached hydrogens (tertiary/aromatic N) is 1. The van der Waals surface area contributed by atoms with Crippen molar-refractivity contribution in [1.29, 1.82) is 0 Å². The lowest BCUT2D eigenvalue weighted by atomic mass is 10.1. The van der Waals surface area contributed by atoms with Crippen LogP contribution in [-0.4, -0.2) is 50.8 Å². The van der Waals surface area contributed by atoms with Crippen molar-refractivity contribution in [2.75, 3.05) is 26.3 Å². The van der Waals surface area contributed by atoms with Crippen LogP contribution in [0.5, 0.6) is 11.5 Å². The highest BCUT2D eigenvalue weighted by Gasteiger charge is 2.32. The molecule has 0 unspecified atom stereocenters. The number of benzene rings is 1. The van der Waals surface area contributed by atoms with E-state index in [2.05, 4.69) is 0 Å². The summed E-state index contributed by atoms with van der Waals surface area (Å²) in [6.07, 6.45) is 2.33. The zero-order chi connectivity index (χ0) is 20.0. The number of rotatable bonds is 8. The van der Waals surface area contributed by atoms with E-state index in [0.29, 0.717) is 44.0 Å². The third-order valence-corrected chi connectivity index (χ3v) is 6.90. The van der Waals surface area contributed by atoms with Crippen molar-refractivity contribution in [1.82, 2.24) is 4.90 Å². The quantitative estimate of drug-likeness (QED) is 0.669. The van der Waals surface area contributed by atoms with Gasteiger partial charge in [0.25, 0.3) is 5.91 Å². The van der Waals surface area contributed by atoms with E-state index in [-0.39, 0.29) is 18.3 Å². The molecule has 1 fully saturated rings. The van der Waals surface area contributed by atoms with Gasteiger partial charge in [0, 0.05) is 13.1 Å². The molecule has 0 atom stereocenters. The molecule has 0 aliphatic carbocycles. The number of sulfone groups is 1. The number of hydrogen-bond acceptors (Lipinski definition) is 6. The van der Waals surface area contributed by atoms with Gasteiger partial charge in [0.2, 0.25) is 0 Å². The molecule has 0 saturated carbocycles. The maximum Gasteiger partial charge on any atom is 0.260 e. The van der Waals surface area contributed by atoms with Crippen molar-refractivity contribution in [3.63, 3.8) is 0 Å². The molecule has 28 heavy (non-hydrogen) atoms. The number of hydrogen-bond donors (Lipinski definition) is 0. The molecule has 1 saturated heterocycles. The van der Waals surface area contributed by atoms with E-state index in [9.17, 15) is 13.2 Å². The van der Waals surface area contributed by atoms with Gasteiger partial charge in [-0.1, -0.05) is 0 Å². The van der Waals surface area contributed by atoms with Gasteiger partial charge in [-0.3, -0.25) is 4.79 Å². The standard InChI is InChI=1S/C20H25NO6S/c1-2-25-16-5-7-17(8-6-16)27-14-20(22)21-11-9-19(10-12-21)28(23,24)15-18-4-3-13-26-18/h3-8,13,19H,2,9-12,14-15H2,1H3. The Bertz CT molecular complexity index is 853. The van der Waals surface area contributed by atoms with E-state index < -0.39 is 15.1 Å². The summed E-state index contributed by atoms with van der Waals surface area (Å²) in [4.78, 5) is 14.0. The minimum Gasteiger partial charge on any atom is -0.494 e. The minimum atomic E-state index is -3.29. The molecule has 1 amide bonds. The number of furan rings is 1. The highest BCUT2D eigenvalue weighted by molar-refractivity contribution is 7.91. The molecule has 0 bridgehead atoms. The van der Waals surface area contributed by atoms with Gasteiger partial charge in [-0.05, 0) is 56.2 Å². The molecule has 0 spiro atoms.